The molecule has 0 fully saturated rings. The predicted molar refractivity (Wildman–Crippen MR) is 61.1 cm³/mol. The van der Waals surface area contributed by atoms with E-state index < -0.39 is 32.4 Å². The molecule has 0 aliphatic rings. The van der Waals surface area contributed by atoms with Gasteiger partial charge in [0.1, 0.15) is 0 Å². The molecule has 8 heteroatoms. The Bertz CT molecular complexity index is 727. The normalized spacial score (nSPS) is 12.4. The first kappa shape index (κ1) is 14.4. The van der Waals surface area contributed by atoms with Gasteiger partial charge in [-0.1, -0.05) is 18.2 Å². The Labute approximate surface area is 111 Å². The van der Waals surface area contributed by atoms with Crippen molar-refractivity contribution in [1.29, 1.82) is 0 Å². The number of aromatic nitrogens is 1. The second kappa shape index (κ2) is 4.86. The van der Waals surface area contributed by atoms with Crippen molar-refractivity contribution in [3.63, 3.8) is 0 Å². The fourth-order valence-electron chi connectivity index (χ4n) is 1.49. The Morgan fingerprint density at radius 3 is 2.15 bits per heavy atom. The van der Waals surface area contributed by atoms with Crippen LogP contribution >= 0.6 is 0 Å². The van der Waals surface area contributed by atoms with Crippen LogP contribution in [0.1, 0.15) is 5.56 Å². The van der Waals surface area contributed by atoms with Crippen molar-refractivity contribution < 1.29 is 26.0 Å². The zero-order chi connectivity index (χ0) is 15.0. The SMILES string of the molecule is O=S(=O)(c1ccccc1)c1ncc(C(F)(F)F)cc1F. The number of benzene rings is 1. The average molecular weight is 305 g/mol. The molecule has 0 spiro atoms. The highest BCUT2D eigenvalue weighted by atomic mass is 32.2. The van der Waals surface area contributed by atoms with E-state index in [0.717, 1.165) is 0 Å². The monoisotopic (exact) mass is 305 g/mol. The van der Waals surface area contributed by atoms with Crippen molar-refractivity contribution in [2.45, 2.75) is 16.1 Å². The zero-order valence-electron chi connectivity index (χ0n) is 9.73. The van der Waals surface area contributed by atoms with Gasteiger partial charge in [-0.25, -0.2) is 17.8 Å². The van der Waals surface area contributed by atoms with Crippen LogP contribution in [0.5, 0.6) is 0 Å². The fourth-order valence-corrected chi connectivity index (χ4v) is 2.74. The molecule has 2 rings (SSSR count). The Balaban J connectivity index is 2.55. The summed E-state index contributed by atoms with van der Waals surface area (Å²) < 4.78 is 74.8. The molecule has 0 unspecified atom stereocenters. The van der Waals surface area contributed by atoms with E-state index in [1.807, 2.05) is 0 Å². The third-order valence-corrected chi connectivity index (χ3v) is 4.15. The summed E-state index contributed by atoms with van der Waals surface area (Å²) in [5, 5.41) is -1.03. The highest BCUT2D eigenvalue weighted by Gasteiger charge is 2.33. The van der Waals surface area contributed by atoms with E-state index in [4.69, 9.17) is 0 Å². The van der Waals surface area contributed by atoms with Gasteiger partial charge >= 0.3 is 6.18 Å². The van der Waals surface area contributed by atoms with Gasteiger partial charge in [0.25, 0.3) is 0 Å². The van der Waals surface area contributed by atoms with Gasteiger partial charge in [0, 0.05) is 6.20 Å². The summed E-state index contributed by atoms with van der Waals surface area (Å²) >= 11 is 0. The van der Waals surface area contributed by atoms with Gasteiger partial charge in [-0.2, -0.15) is 13.2 Å². The second-order valence-electron chi connectivity index (χ2n) is 3.83. The maximum Gasteiger partial charge on any atom is 0.417 e. The van der Waals surface area contributed by atoms with E-state index in [2.05, 4.69) is 4.98 Å². The molecule has 3 nitrogen and oxygen atoms in total. The number of nitrogens with zero attached hydrogens (tertiary/aromatic N) is 1. The van der Waals surface area contributed by atoms with Crippen LogP contribution in [-0.4, -0.2) is 13.4 Å². The first-order valence-corrected chi connectivity index (χ1v) is 6.74. The number of hydrogen-bond acceptors (Lipinski definition) is 3. The summed E-state index contributed by atoms with van der Waals surface area (Å²) in [5.41, 5.74) is -1.35. The van der Waals surface area contributed by atoms with Gasteiger partial charge < -0.3 is 0 Å². The van der Waals surface area contributed by atoms with Crippen molar-refractivity contribution in [3.8, 4) is 0 Å². The Hall–Kier alpha value is -1.96. The first-order chi connectivity index (χ1) is 9.23. The van der Waals surface area contributed by atoms with Crippen molar-refractivity contribution >= 4 is 9.84 Å². The topological polar surface area (TPSA) is 47.0 Å². The second-order valence-corrected chi connectivity index (χ2v) is 5.69. The van der Waals surface area contributed by atoms with E-state index in [9.17, 15) is 26.0 Å². The van der Waals surface area contributed by atoms with E-state index in [1.54, 1.807) is 6.07 Å². The van der Waals surface area contributed by atoms with Crippen LogP contribution in [0.25, 0.3) is 0 Å². The van der Waals surface area contributed by atoms with Crippen LogP contribution in [0.4, 0.5) is 17.6 Å². The third-order valence-electron chi connectivity index (χ3n) is 2.44. The maximum absolute atomic E-state index is 13.6. The minimum absolute atomic E-state index is 0.114. The molecule has 0 aliphatic carbocycles. The van der Waals surface area contributed by atoms with Gasteiger partial charge in [0.2, 0.25) is 9.84 Å². The molecule has 0 aliphatic heterocycles. The largest absolute Gasteiger partial charge is 0.417 e. The molecule has 1 aromatic carbocycles. The molecular formula is C12H7F4NO2S. The van der Waals surface area contributed by atoms with E-state index in [0.29, 0.717) is 6.20 Å². The van der Waals surface area contributed by atoms with Crippen LogP contribution in [0.2, 0.25) is 0 Å². The molecule has 0 bridgehead atoms. The lowest BCUT2D eigenvalue weighted by molar-refractivity contribution is -0.138. The van der Waals surface area contributed by atoms with Crippen LogP contribution in [0.3, 0.4) is 0 Å². The average Bonchev–Trinajstić information content (AvgIpc) is 2.38. The minimum Gasteiger partial charge on any atom is -0.241 e. The van der Waals surface area contributed by atoms with Gasteiger partial charge in [-0.3, -0.25) is 0 Å². The molecular weight excluding hydrogens is 298 g/mol. The maximum atomic E-state index is 13.6. The van der Waals surface area contributed by atoms with E-state index in [1.165, 1.54) is 24.3 Å². The number of pyridine rings is 1. The van der Waals surface area contributed by atoms with Gasteiger partial charge in [0.05, 0.1) is 10.5 Å². The standard InChI is InChI=1S/C12H7F4NO2S/c13-10-6-8(12(14,15)16)7-17-11(10)20(18,19)9-4-2-1-3-5-9/h1-7H. The summed E-state index contributed by atoms with van der Waals surface area (Å²) in [6, 6.07) is 6.89. The molecule has 1 heterocycles. The van der Waals surface area contributed by atoms with Gasteiger partial charge in [-0.05, 0) is 18.2 Å². The molecule has 106 valence electrons. The molecule has 0 amide bonds. The van der Waals surface area contributed by atoms with Gasteiger partial charge in [-0.15, -0.1) is 0 Å². The lowest BCUT2D eigenvalue weighted by Crippen LogP contribution is -2.11. The lowest BCUT2D eigenvalue weighted by atomic mass is 10.3. The molecule has 2 aromatic rings. The Morgan fingerprint density at radius 1 is 1.05 bits per heavy atom. The molecule has 0 radical (unpaired) electrons. The molecule has 20 heavy (non-hydrogen) atoms. The summed E-state index contributed by atoms with van der Waals surface area (Å²) in [7, 11) is -4.29. The van der Waals surface area contributed by atoms with Crippen LogP contribution in [-0.2, 0) is 16.0 Å². The molecule has 0 N–H and O–H groups in total. The van der Waals surface area contributed by atoms with Crippen molar-refractivity contribution in [3.05, 3.63) is 54.0 Å². The number of alkyl halides is 3. The Kier molecular flexibility index (Phi) is 3.51. The summed E-state index contributed by atoms with van der Waals surface area (Å²) in [6.07, 6.45) is -4.50. The zero-order valence-corrected chi connectivity index (χ0v) is 10.5. The number of sulfone groups is 1. The third kappa shape index (κ3) is 2.64. The number of hydrogen-bond donors (Lipinski definition) is 0. The summed E-state index contributed by atoms with van der Waals surface area (Å²) in [6.45, 7) is 0. The lowest BCUT2D eigenvalue weighted by Gasteiger charge is -2.09. The highest BCUT2D eigenvalue weighted by molar-refractivity contribution is 7.91. The van der Waals surface area contributed by atoms with Crippen molar-refractivity contribution in [2.24, 2.45) is 0 Å². The summed E-state index contributed by atoms with van der Waals surface area (Å²) in [5.74, 6) is -1.54. The van der Waals surface area contributed by atoms with Crippen LogP contribution < -0.4 is 0 Å². The molecule has 1 aromatic heterocycles. The van der Waals surface area contributed by atoms with Gasteiger partial charge in [0.15, 0.2) is 10.8 Å². The van der Waals surface area contributed by atoms with E-state index >= 15 is 0 Å². The highest BCUT2D eigenvalue weighted by Crippen LogP contribution is 2.31. The number of rotatable bonds is 2. The smallest absolute Gasteiger partial charge is 0.241 e. The fraction of sp³-hybridized carbons (Fsp3) is 0.0833. The first-order valence-electron chi connectivity index (χ1n) is 5.26. The van der Waals surface area contributed by atoms with Crippen LogP contribution in [0.15, 0.2) is 52.5 Å². The predicted octanol–water partition coefficient (Wildman–Crippen LogP) is 3.07. The van der Waals surface area contributed by atoms with Crippen LogP contribution in [0, 0.1) is 5.82 Å². The van der Waals surface area contributed by atoms with E-state index in [-0.39, 0.29) is 11.0 Å². The molecule has 0 saturated heterocycles. The Morgan fingerprint density at radius 2 is 1.65 bits per heavy atom. The quantitative estimate of drug-likeness (QED) is 0.801. The summed E-state index contributed by atoms with van der Waals surface area (Å²) in [4.78, 5) is 2.87. The molecule has 0 saturated carbocycles. The minimum atomic E-state index is -4.79. The number of halogens is 4. The van der Waals surface area contributed by atoms with Crippen molar-refractivity contribution in [2.75, 3.05) is 0 Å². The molecule has 0 atom stereocenters. The van der Waals surface area contributed by atoms with Crippen molar-refractivity contribution in [1.82, 2.24) is 4.98 Å².